The molecule has 0 bridgehead atoms. The van der Waals surface area contributed by atoms with Gasteiger partial charge in [-0.25, -0.2) is 0 Å². The molecule has 2 aromatic carbocycles. The zero-order chi connectivity index (χ0) is 27.2. The number of hydrogen-bond donors (Lipinski definition) is 2. The number of Topliss-reactive ketones (excluding diaryl/α,β-unsaturated/α-hetero) is 1. The molecular formula is C28H33N3O7. The molecule has 2 aromatic rings. The van der Waals surface area contributed by atoms with Crippen LogP contribution in [0.4, 0.5) is 0 Å². The van der Waals surface area contributed by atoms with Crippen LogP contribution in [0.1, 0.15) is 31.0 Å². The first-order valence-corrected chi connectivity index (χ1v) is 12.6. The van der Waals surface area contributed by atoms with Gasteiger partial charge in [0.2, 0.25) is 0 Å². The molecule has 0 aromatic heterocycles. The van der Waals surface area contributed by atoms with Crippen LogP contribution in [-0.4, -0.2) is 84.6 Å². The average Bonchev–Trinajstić information content (AvgIpc) is 3.16. The number of benzene rings is 2. The van der Waals surface area contributed by atoms with Crippen molar-refractivity contribution in [3.8, 4) is 11.5 Å². The molecule has 2 amide bonds. The fraction of sp³-hybridized carbons (Fsp3) is 0.393. The van der Waals surface area contributed by atoms with Gasteiger partial charge in [0, 0.05) is 31.7 Å². The summed E-state index contributed by atoms with van der Waals surface area (Å²) in [6.07, 6.45) is -0.0128. The lowest BCUT2D eigenvalue weighted by Crippen LogP contribution is -2.42. The van der Waals surface area contributed by atoms with E-state index in [-0.39, 0.29) is 24.0 Å². The Bertz CT molecular complexity index is 1190. The maximum atomic E-state index is 13.3. The van der Waals surface area contributed by atoms with E-state index in [2.05, 4.69) is 4.90 Å². The standard InChI is InChI=1S/C28H33N3O7/c1-18(2)38-22-9-5-20(6-10-22)26(33)24-25(19-3-7-21(8-4-19)37-17-23(29)32)31(28(35)27(24)34)12-11-30-13-15-36-16-14-30/h3-10,18,25,33H,11-17H2,1-2H3,(H2,29,32). The number of ether oxygens (including phenoxy) is 3. The number of primary amides is 1. The summed E-state index contributed by atoms with van der Waals surface area (Å²) in [6, 6.07) is 12.6. The number of nitrogens with zero attached hydrogens (tertiary/aromatic N) is 2. The minimum atomic E-state index is -0.798. The van der Waals surface area contributed by atoms with Crippen molar-refractivity contribution in [2.75, 3.05) is 46.0 Å². The van der Waals surface area contributed by atoms with Crippen molar-refractivity contribution in [3.05, 3.63) is 65.2 Å². The lowest BCUT2D eigenvalue weighted by atomic mass is 9.95. The average molecular weight is 524 g/mol. The first kappa shape index (κ1) is 27.2. The van der Waals surface area contributed by atoms with Gasteiger partial charge in [0.15, 0.2) is 6.61 Å². The Labute approximate surface area is 221 Å². The molecule has 10 nitrogen and oxygen atoms in total. The van der Waals surface area contributed by atoms with Crippen molar-refractivity contribution in [1.29, 1.82) is 0 Å². The number of amides is 2. The van der Waals surface area contributed by atoms with E-state index in [4.69, 9.17) is 19.9 Å². The molecule has 1 atom stereocenters. The summed E-state index contributed by atoms with van der Waals surface area (Å²) < 4.78 is 16.4. The Morgan fingerprint density at radius 2 is 1.66 bits per heavy atom. The largest absolute Gasteiger partial charge is 0.507 e. The summed E-state index contributed by atoms with van der Waals surface area (Å²) in [5.74, 6) is -1.23. The first-order chi connectivity index (χ1) is 18.2. The monoisotopic (exact) mass is 523 g/mol. The van der Waals surface area contributed by atoms with Gasteiger partial charge < -0.3 is 30.0 Å². The Kier molecular flexibility index (Phi) is 8.65. The molecule has 0 saturated carbocycles. The van der Waals surface area contributed by atoms with Crippen LogP contribution in [0, 0.1) is 0 Å². The molecule has 0 aliphatic carbocycles. The topological polar surface area (TPSA) is 132 Å². The zero-order valence-electron chi connectivity index (χ0n) is 21.6. The third-order valence-corrected chi connectivity index (χ3v) is 6.38. The number of carbonyl (C=O) groups is 3. The highest BCUT2D eigenvalue weighted by Crippen LogP contribution is 2.40. The van der Waals surface area contributed by atoms with Crippen LogP contribution in [0.2, 0.25) is 0 Å². The number of hydrogen-bond acceptors (Lipinski definition) is 8. The van der Waals surface area contributed by atoms with Gasteiger partial charge in [0.25, 0.3) is 17.6 Å². The Hall–Kier alpha value is -3.89. The predicted molar refractivity (Wildman–Crippen MR) is 140 cm³/mol. The van der Waals surface area contributed by atoms with E-state index in [0.29, 0.717) is 48.9 Å². The van der Waals surface area contributed by atoms with Gasteiger partial charge in [-0.15, -0.1) is 0 Å². The molecule has 38 heavy (non-hydrogen) atoms. The lowest BCUT2D eigenvalue weighted by molar-refractivity contribution is -0.140. The number of carbonyl (C=O) groups excluding carboxylic acids is 3. The Balaban J connectivity index is 1.68. The lowest BCUT2D eigenvalue weighted by Gasteiger charge is -2.31. The van der Waals surface area contributed by atoms with Crippen molar-refractivity contribution < 1.29 is 33.7 Å². The molecule has 2 aliphatic heterocycles. The molecule has 3 N–H and O–H groups in total. The Morgan fingerprint density at radius 1 is 1.03 bits per heavy atom. The second kappa shape index (κ2) is 12.1. The van der Waals surface area contributed by atoms with E-state index >= 15 is 0 Å². The SMILES string of the molecule is CC(C)Oc1ccc(C(O)=C2C(=O)C(=O)N(CCN3CCOCC3)C2c2ccc(OCC(N)=O)cc2)cc1. The third kappa shape index (κ3) is 6.32. The fourth-order valence-corrected chi connectivity index (χ4v) is 4.55. The highest BCUT2D eigenvalue weighted by molar-refractivity contribution is 6.46. The highest BCUT2D eigenvalue weighted by Gasteiger charge is 2.46. The number of aliphatic hydroxyl groups excluding tert-OH is 1. The van der Waals surface area contributed by atoms with Crippen molar-refractivity contribution in [2.45, 2.75) is 26.0 Å². The number of nitrogens with two attached hydrogens (primary N) is 1. The fourth-order valence-electron chi connectivity index (χ4n) is 4.55. The van der Waals surface area contributed by atoms with Crippen LogP contribution in [0.3, 0.4) is 0 Å². The Morgan fingerprint density at radius 3 is 2.26 bits per heavy atom. The van der Waals surface area contributed by atoms with Crippen LogP contribution < -0.4 is 15.2 Å². The van der Waals surface area contributed by atoms with Crippen LogP contribution in [-0.2, 0) is 19.1 Å². The van der Waals surface area contributed by atoms with Gasteiger partial charge in [-0.05, 0) is 55.8 Å². The summed E-state index contributed by atoms with van der Waals surface area (Å²) in [6.45, 7) is 7.13. The molecule has 1 unspecified atom stereocenters. The summed E-state index contributed by atoms with van der Waals surface area (Å²) in [4.78, 5) is 41.2. The molecule has 0 radical (unpaired) electrons. The van der Waals surface area contributed by atoms with Gasteiger partial charge in [0.1, 0.15) is 17.3 Å². The minimum absolute atomic E-state index is 0.0128. The van der Waals surface area contributed by atoms with Crippen molar-refractivity contribution in [1.82, 2.24) is 9.80 Å². The maximum absolute atomic E-state index is 13.3. The van der Waals surface area contributed by atoms with Crippen molar-refractivity contribution in [2.24, 2.45) is 5.73 Å². The molecule has 4 rings (SSSR count). The molecule has 2 heterocycles. The first-order valence-electron chi connectivity index (χ1n) is 12.6. The second-order valence-corrected chi connectivity index (χ2v) is 9.46. The van der Waals surface area contributed by atoms with E-state index in [1.54, 1.807) is 48.5 Å². The van der Waals surface area contributed by atoms with Crippen LogP contribution >= 0.6 is 0 Å². The molecule has 0 spiro atoms. The molecule has 2 aliphatic rings. The quantitative estimate of drug-likeness (QED) is 0.275. The number of likely N-dealkylation sites (tertiary alicyclic amines) is 1. The smallest absolute Gasteiger partial charge is 0.295 e. The summed E-state index contributed by atoms with van der Waals surface area (Å²) in [5, 5.41) is 11.3. The van der Waals surface area contributed by atoms with Gasteiger partial charge in [-0.3, -0.25) is 19.3 Å². The van der Waals surface area contributed by atoms with Crippen LogP contribution in [0.25, 0.3) is 5.76 Å². The highest BCUT2D eigenvalue weighted by atomic mass is 16.5. The summed E-state index contributed by atoms with van der Waals surface area (Å²) in [5.41, 5.74) is 6.19. The van der Waals surface area contributed by atoms with Crippen LogP contribution in [0.15, 0.2) is 54.1 Å². The zero-order valence-corrected chi connectivity index (χ0v) is 21.6. The number of morpholine rings is 1. The van der Waals surface area contributed by atoms with Gasteiger partial charge in [-0.2, -0.15) is 0 Å². The van der Waals surface area contributed by atoms with Gasteiger partial charge in [-0.1, -0.05) is 12.1 Å². The molecular weight excluding hydrogens is 490 g/mol. The van der Waals surface area contributed by atoms with Gasteiger partial charge in [0.05, 0.1) is 30.9 Å². The molecule has 2 saturated heterocycles. The third-order valence-electron chi connectivity index (χ3n) is 6.38. The van der Waals surface area contributed by atoms with Crippen molar-refractivity contribution >= 4 is 23.4 Å². The molecule has 2 fully saturated rings. The van der Waals surface area contributed by atoms with E-state index in [1.807, 2.05) is 13.8 Å². The maximum Gasteiger partial charge on any atom is 0.295 e. The van der Waals surface area contributed by atoms with E-state index in [9.17, 15) is 19.5 Å². The summed E-state index contributed by atoms with van der Waals surface area (Å²) >= 11 is 0. The van der Waals surface area contributed by atoms with E-state index < -0.39 is 23.6 Å². The van der Waals surface area contributed by atoms with Crippen molar-refractivity contribution in [3.63, 3.8) is 0 Å². The summed E-state index contributed by atoms with van der Waals surface area (Å²) in [7, 11) is 0. The minimum Gasteiger partial charge on any atom is -0.507 e. The van der Waals surface area contributed by atoms with E-state index in [0.717, 1.165) is 13.1 Å². The number of ketones is 1. The number of aliphatic hydroxyl groups is 1. The second-order valence-electron chi connectivity index (χ2n) is 9.46. The van der Waals surface area contributed by atoms with Crippen LogP contribution in [0.5, 0.6) is 11.5 Å². The normalized spacial score (nSPS) is 19.7. The predicted octanol–water partition coefficient (Wildman–Crippen LogP) is 2.09. The molecule has 10 heteroatoms. The number of rotatable bonds is 10. The van der Waals surface area contributed by atoms with Gasteiger partial charge >= 0.3 is 0 Å². The van der Waals surface area contributed by atoms with E-state index in [1.165, 1.54) is 4.90 Å². The molecule has 202 valence electrons.